The topological polar surface area (TPSA) is 42.3 Å². The van der Waals surface area contributed by atoms with Crippen molar-refractivity contribution in [2.75, 3.05) is 12.0 Å². The number of pyridine rings is 1. The molecule has 4 rings (SSSR count). The summed E-state index contributed by atoms with van der Waals surface area (Å²) in [6.45, 7) is 4.38. The zero-order valence-electron chi connectivity index (χ0n) is 16.2. The van der Waals surface area contributed by atoms with Gasteiger partial charge in [-0.25, -0.2) is 0 Å². The Morgan fingerprint density at radius 3 is 2.68 bits per heavy atom. The number of nitrogens with one attached hydrogen (secondary N) is 1. The number of hydrogen-bond acceptors (Lipinski definition) is 3. The first-order valence-electron chi connectivity index (χ1n) is 9.41. The highest BCUT2D eigenvalue weighted by molar-refractivity contribution is 7.80. The Morgan fingerprint density at radius 2 is 1.96 bits per heavy atom. The van der Waals surface area contributed by atoms with Crippen LogP contribution >= 0.6 is 12.2 Å². The van der Waals surface area contributed by atoms with Gasteiger partial charge in [0.15, 0.2) is 5.11 Å². The van der Waals surface area contributed by atoms with Gasteiger partial charge in [-0.1, -0.05) is 12.1 Å². The number of rotatable bonds is 5. The second kappa shape index (κ2) is 7.64. The zero-order valence-corrected chi connectivity index (χ0v) is 17.1. The van der Waals surface area contributed by atoms with Crippen LogP contribution in [-0.2, 0) is 0 Å². The van der Waals surface area contributed by atoms with Crippen molar-refractivity contribution in [1.82, 2.24) is 14.9 Å². The number of methoxy groups -OCH3 is 1. The Bertz CT molecular complexity index is 969. The maximum absolute atomic E-state index is 5.78. The predicted molar refractivity (Wildman–Crippen MR) is 116 cm³/mol. The third kappa shape index (κ3) is 3.24. The van der Waals surface area contributed by atoms with E-state index in [1.807, 2.05) is 42.6 Å². The van der Waals surface area contributed by atoms with Gasteiger partial charge in [0, 0.05) is 35.9 Å². The maximum atomic E-state index is 5.78. The van der Waals surface area contributed by atoms with Crippen LogP contribution in [0.4, 0.5) is 5.69 Å². The van der Waals surface area contributed by atoms with Crippen molar-refractivity contribution in [2.24, 2.45) is 0 Å². The van der Waals surface area contributed by atoms with Gasteiger partial charge in [0.2, 0.25) is 0 Å². The summed E-state index contributed by atoms with van der Waals surface area (Å²) >= 11 is 5.78. The highest BCUT2D eigenvalue weighted by atomic mass is 32.1. The molecule has 0 unspecified atom stereocenters. The lowest BCUT2D eigenvalue weighted by Crippen LogP contribution is -2.30. The summed E-state index contributed by atoms with van der Waals surface area (Å²) in [6.07, 6.45) is 3.95. The van der Waals surface area contributed by atoms with Crippen molar-refractivity contribution in [1.29, 1.82) is 0 Å². The normalized spacial score (nSPS) is 19.1. The Balaban J connectivity index is 1.86. The number of thiocarbonyl (C=S) groups is 1. The van der Waals surface area contributed by atoms with Crippen LogP contribution < -0.4 is 15.0 Å². The van der Waals surface area contributed by atoms with Crippen LogP contribution in [0.2, 0.25) is 0 Å². The van der Waals surface area contributed by atoms with Crippen molar-refractivity contribution in [3.8, 4) is 5.75 Å². The summed E-state index contributed by atoms with van der Waals surface area (Å²) < 4.78 is 7.74. The molecule has 0 radical (unpaired) electrons. The van der Waals surface area contributed by atoms with Crippen molar-refractivity contribution >= 4 is 23.0 Å². The molecule has 1 N–H and O–H groups in total. The van der Waals surface area contributed by atoms with Crippen LogP contribution in [0.25, 0.3) is 0 Å². The molecule has 1 aliphatic rings. The van der Waals surface area contributed by atoms with Crippen LogP contribution in [0.1, 0.15) is 43.4 Å². The van der Waals surface area contributed by atoms with Crippen LogP contribution in [0.3, 0.4) is 0 Å². The minimum atomic E-state index is -0.0488. The number of anilines is 1. The lowest BCUT2D eigenvalue weighted by atomic mass is 10.0. The van der Waals surface area contributed by atoms with Crippen LogP contribution in [0.5, 0.6) is 5.75 Å². The van der Waals surface area contributed by atoms with E-state index in [0.717, 1.165) is 17.1 Å². The van der Waals surface area contributed by atoms with Crippen molar-refractivity contribution in [3.63, 3.8) is 0 Å². The first-order chi connectivity index (χ1) is 13.6. The van der Waals surface area contributed by atoms with Gasteiger partial charge in [-0.3, -0.25) is 4.98 Å². The van der Waals surface area contributed by atoms with E-state index in [1.54, 1.807) is 7.11 Å². The average Bonchev–Trinajstić information content (AvgIpc) is 3.33. The molecule has 0 aliphatic carbocycles. The summed E-state index contributed by atoms with van der Waals surface area (Å²) in [5, 5.41) is 4.19. The van der Waals surface area contributed by atoms with Crippen LogP contribution in [-0.4, -0.2) is 21.8 Å². The molecular weight excluding hydrogens is 368 g/mol. The third-order valence-corrected chi connectivity index (χ3v) is 5.42. The number of hydrogen-bond donors (Lipinski definition) is 1. The monoisotopic (exact) mass is 392 g/mol. The first-order valence-corrected chi connectivity index (χ1v) is 9.82. The van der Waals surface area contributed by atoms with Crippen molar-refractivity contribution in [2.45, 2.75) is 32.0 Å². The lowest BCUT2D eigenvalue weighted by Gasteiger charge is -2.30. The van der Waals surface area contributed by atoms with E-state index in [1.165, 1.54) is 5.69 Å². The summed E-state index contributed by atoms with van der Waals surface area (Å²) in [7, 11) is 1.68. The molecule has 3 aromatic rings. The van der Waals surface area contributed by atoms with Crippen LogP contribution in [0, 0.1) is 0 Å². The van der Waals surface area contributed by atoms with Gasteiger partial charge in [-0.15, -0.1) is 0 Å². The van der Waals surface area contributed by atoms with Crippen molar-refractivity contribution in [3.05, 3.63) is 78.4 Å². The van der Waals surface area contributed by atoms with Gasteiger partial charge in [-0.05, 0) is 62.5 Å². The molecule has 5 nitrogen and oxygen atoms in total. The molecule has 144 valence electrons. The summed E-state index contributed by atoms with van der Waals surface area (Å²) in [5.74, 6) is 0.805. The first kappa shape index (κ1) is 18.5. The van der Waals surface area contributed by atoms with E-state index in [2.05, 4.69) is 58.0 Å². The van der Waals surface area contributed by atoms with Gasteiger partial charge in [0.05, 0.1) is 18.8 Å². The van der Waals surface area contributed by atoms with Gasteiger partial charge in [0.1, 0.15) is 11.8 Å². The molecule has 1 saturated heterocycles. The molecule has 0 spiro atoms. The molecule has 0 amide bonds. The summed E-state index contributed by atoms with van der Waals surface area (Å²) in [6, 6.07) is 18.5. The fraction of sp³-hybridized carbons (Fsp3) is 0.273. The Morgan fingerprint density at radius 1 is 1.11 bits per heavy atom. The standard InChI is InChI=1S/C22H24N4OS/c1-15(2)25-13-7-11-19(25)21-20(18-10-4-5-12-23-18)24-22(28)26(21)16-8-6-9-17(14-16)27-3/h4-15,20-21H,1-3H3,(H,24,28)/t20-,21+/m0/s1. The quantitative estimate of drug-likeness (QED) is 0.640. The SMILES string of the molecule is COc1cccc(N2C(=S)N[C@@H](c3ccccn3)[C@H]2c2cccn2C(C)C)c1. The van der Waals surface area contributed by atoms with E-state index < -0.39 is 0 Å². The zero-order chi connectivity index (χ0) is 19.7. The third-order valence-electron chi connectivity index (χ3n) is 5.10. The highest BCUT2D eigenvalue weighted by Crippen LogP contribution is 2.42. The van der Waals surface area contributed by atoms with E-state index in [9.17, 15) is 0 Å². The fourth-order valence-corrected chi connectivity index (χ4v) is 4.17. The van der Waals surface area contributed by atoms with Gasteiger partial charge in [-0.2, -0.15) is 0 Å². The molecular formula is C22H24N4OS. The van der Waals surface area contributed by atoms with Gasteiger partial charge < -0.3 is 19.5 Å². The van der Waals surface area contributed by atoms with Gasteiger partial charge in [0.25, 0.3) is 0 Å². The van der Waals surface area contributed by atoms with E-state index in [0.29, 0.717) is 11.2 Å². The minimum Gasteiger partial charge on any atom is -0.497 e. The summed E-state index contributed by atoms with van der Waals surface area (Å²) in [4.78, 5) is 6.78. The Labute approximate surface area is 171 Å². The average molecular weight is 393 g/mol. The molecule has 3 heterocycles. The Kier molecular flexibility index (Phi) is 5.05. The molecule has 2 atom stereocenters. The van der Waals surface area contributed by atoms with Gasteiger partial charge >= 0.3 is 0 Å². The molecule has 6 heteroatoms. The smallest absolute Gasteiger partial charge is 0.174 e. The number of ether oxygens (including phenoxy) is 1. The second-order valence-corrected chi connectivity index (χ2v) is 7.52. The molecule has 28 heavy (non-hydrogen) atoms. The Hall–Kier alpha value is -2.86. The molecule has 1 aromatic carbocycles. The molecule has 1 aliphatic heterocycles. The number of benzene rings is 1. The fourth-order valence-electron chi connectivity index (χ4n) is 3.82. The second-order valence-electron chi connectivity index (χ2n) is 7.13. The predicted octanol–water partition coefficient (Wildman–Crippen LogP) is 4.65. The number of aromatic nitrogens is 2. The van der Waals surface area contributed by atoms with E-state index in [4.69, 9.17) is 17.0 Å². The largest absolute Gasteiger partial charge is 0.497 e. The molecule has 0 saturated carbocycles. The van der Waals surface area contributed by atoms with Crippen LogP contribution in [0.15, 0.2) is 67.0 Å². The van der Waals surface area contributed by atoms with Crippen molar-refractivity contribution < 1.29 is 4.74 Å². The molecule has 2 aromatic heterocycles. The molecule has 1 fully saturated rings. The van der Waals surface area contributed by atoms with E-state index in [-0.39, 0.29) is 12.1 Å². The highest BCUT2D eigenvalue weighted by Gasteiger charge is 2.42. The lowest BCUT2D eigenvalue weighted by molar-refractivity contribution is 0.414. The maximum Gasteiger partial charge on any atom is 0.174 e. The number of nitrogens with zero attached hydrogens (tertiary/aromatic N) is 3. The molecule has 0 bridgehead atoms. The van der Waals surface area contributed by atoms with E-state index >= 15 is 0 Å². The summed E-state index contributed by atoms with van der Waals surface area (Å²) in [5.41, 5.74) is 3.16. The minimum absolute atomic E-state index is 0.0214.